The van der Waals surface area contributed by atoms with Gasteiger partial charge in [-0.2, -0.15) is 0 Å². The highest BCUT2D eigenvalue weighted by molar-refractivity contribution is 14.1. The van der Waals surface area contributed by atoms with Crippen molar-refractivity contribution < 1.29 is 28.5 Å². The number of likely N-dealkylation sites (tertiary alicyclic amines) is 2. The Bertz CT molecular complexity index is 1630. The third kappa shape index (κ3) is 13.1. The maximum Gasteiger partial charge on any atom is 0.414 e. The van der Waals surface area contributed by atoms with Gasteiger partial charge in [0.15, 0.2) is 0 Å². The van der Waals surface area contributed by atoms with Crippen LogP contribution in [0.15, 0.2) is 48.5 Å². The molecule has 61 heavy (non-hydrogen) atoms. The maximum atomic E-state index is 12.4. The topological polar surface area (TPSA) is 92.8 Å². The number of nitrogens with one attached hydrogen (secondary N) is 1. The molecule has 2 aromatic rings. The van der Waals surface area contributed by atoms with Crippen molar-refractivity contribution in [2.45, 2.75) is 178 Å². The van der Waals surface area contributed by atoms with Crippen LogP contribution in [-0.2, 0) is 9.47 Å². The minimum atomic E-state index is -0.235. The Morgan fingerprint density at radius 1 is 0.574 bits per heavy atom. The highest BCUT2D eigenvalue weighted by atomic mass is 127. The van der Waals surface area contributed by atoms with Gasteiger partial charge in [-0.1, -0.05) is 77.0 Å². The molecule has 0 aromatic heterocycles. The second-order valence-corrected chi connectivity index (χ2v) is 20.6. The molecule has 10 rings (SSSR count). The van der Waals surface area contributed by atoms with Crippen LogP contribution in [0.1, 0.15) is 141 Å². The molecule has 0 unspecified atom stereocenters. The quantitative estimate of drug-likeness (QED) is 0.223. The summed E-state index contributed by atoms with van der Waals surface area (Å²) in [7, 11) is 0. The van der Waals surface area contributed by atoms with Crippen LogP contribution in [0.3, 0.4) is 0 Å². The van der Waals surface area contributed by atoms with Crippen LogP contribution in [-0.4, -0.2) is 97.8 Å². The van der Waals surface area contributed by atoms with Gasteiger partial charge in [-0.15, -0.1) is 0 Å². The van der Waals surface area contributed by atoms with Crippen LogP contribution < -0.4 is 19.7 Å². The van der Waals surface area contributed by atoms with Crippen molar-refractivity contribution in [2.75, 3.05) is 44.3 Å². The largest absolute Gasteiger partial charge is 0.490 e. The highest BCUT2D eigenvalue weighted by Crippen LogP contribution is 2.36. The molecule has 8 aliphatic rings. The van der Waals surface area contributed by atoms with Crippen molar-refractivity contribution in [3.05, 3.63) is 52.1 Å². The molecule has 2 amide bonds. The van der Waals surface area contributed by atoms with Gasteiger partial charge in [0.25, 0.3) is 0 Å². The molecule has 336 valence electrons. The zero-order valence-corrected chi connectivity index (χ0v) is 38.9. The molecule has 11 heteroatoms. The number of amides is 2. The Balaban J connectivity index is 0.000000140. The number of nitrogens with zero attached hydrogens (tertiary/aromatic N) is 3. The van der Waals surface area contributed by atoms with E-state index >= 15 is 0 Å². The predicted molar refractivity (Wildman–Crippen MR) is 250 cm³/mol. The van der Waals surface area contributed by atoms with Crippen LogP contribution >= 0.6 is 22.6 Å². The lowest BCUT2D eigenvalue weighted by atomic mass is 9.84. The number of carbonyl (C=O) groups excluding carboxylic acids is 2. The van der Waals surface area contributed by atoms with E-state index in [4.69, 9.17) is 18.9 Å². The fourth-order valence-corrected chi connectivity index (χ4v) is 11.5. The second-order valence-electron chi connectivity index (χ2n) is 19.4. The van der Waals surface area contributed by atoms with Gasteiger partial charge in [0.1, 0.15) is 36.9 Å². The molecule has 4 saturated carbocycles. The highest BCUT2D eigenvalue weighted by Gasteiger charge is 2.38. The van der Waals surface area contributed by atoms with Crippen molar-refractivity contribution in [2.24, 2.45) is 11.8 Å². The van der Waals surface area contributed by atoms with Crippen LogP contribution in [0.25, 0.3) is 0 Å². The average Bonchev–Trinajstić information content (AvgIpc) is 3.86. The van der Waals surface area contributed by atoms with Crippen molar-refractivity contribution in [1.29, 1.82) is 0 Å². The van der Waals surface area contributed by atoms with Crippen molar-refractivity contribution in [1.82, 2.24) is 15.1 Å². The number of hydrogen-bond acceptors (Lipinski definition) is 8. The van der Waals surface area contributed by atoms with Gasteiger partial charge >= 0.3 is 12.2 Å². The van der Waals surface area contributed by atoms with Crippen LogP contribution in [0.2, 0.25) is 0 Å². The number of carbonyl (C=O) groups is 2. The molecule has 2 atom stereocenters. The number of halogens is 1. The maximum absolute atomic E-state index is 12.4. The first-order valence-electron chi connectivity index (χ1n) is 24.5. The van der Waals surface area contributed by atoms with Crippen molar-refractivity contribution >= 4 is 40.5 Å². The second kappa shape index (κ2) is 22.7. The molecule has 0 radical (unpaired) electrons. The van der Waals surface area contributed by atoms with Crippen LogP contribution in [0, 0.1) is 15.4 Å². The summed E-state index contributed by atoms with van der Waals surface area (Å²) in [6.07, 6.45) is 28.9. The molecule has 4 heterocycles. The smallest absolute Gasteiger partial charge is 0.414 e. The normalized spacial score (nSPS) is 30.0. The Morgan fingerprint density at radius 2 is 1.05 bits per heavy atom. The summed E-state index contributed by atoms with van der Waals surface area (Å²) in [5.74, 6) is 3.49. The molecule has 0 bridgehead atoms. The summed E-state index contributed by atoms with van der Waals surface area (Å²) in [5, 5.41) is 2.84. The minimum Gasteiger partial charge on any atom is -0.490 e. The number of alkyl carbamates (subject to hydrolysis) is 1. The molecular weight excluding hydrogens is 879 g/mol. The molecule has 4 aliphatic heterocycles. The summed E-state index contributed by atoms with van der Waals surface area (Å²) in [6.45, 7) is 6.24. The summed E-state index contributed by atoms with van der Waals surface area (Å²) in [4.78, 5) is 30.3. The van der Waals surface area contributed by atoms with Crippen LogP contribution in [0.5, 0.6) is 11.5 Å². The zero-order valence-electron chi connectivity index (χ0n) is 36.7. The first kappa shape index (κ1) is 44.8. The fraction of sp³-hybridized carbons (Fsp3) is 0.720. The number of anilines is 1. The van der Waals surface area contributed by atoms with E-state index in [9.17, 15) is 9.59 Å². The van der Waals surface area contributed by atoms with E-state index in [1.807, 2.05) is 29.2 Å². The lowest BCUT2D eigenvalue weighted by Crippen LogP contribution is -2.50. The minimum absolute atomic E-state index is 0.171. The Labute approximate surface area is 379 Å². The molecular formula is C50H73IN4O6. The number of rotatable bonds is 11. The third-order valence-corrected chi connectivity index (χ3v) is 15.6. The Kier molecular flexibility index (Phi) is 16.7. The summed E-state index contributed by atoms with van der Waals surface area (Å²) in [6, 6.07) is 18.4. The van der Waals surface area contributed by atoms with Gasteiger partial charge in [0.2, 0.25) is 0 Å². The SMILES string of the molecule is Ic1ccc(OC2CC(N3CCCCC3)C2)cc1.O=C1N[C@H](CC2CCCCC2)CO1.O=C1OC[C@@H](CC2CCCCC2)N1c1ccc(OC2CC(N3CCCCC3)C2)cc1. The summed E-state index contributed by atoms with van der Waals surface area (Å²) in [5.41, 5.74) is 0.936. The van der Waals surface area contributed by atoms with E-state index < -0.39 is 0 Å². The van der Waals surface area contributed by atoms with E-state index in [0.29, 0.717) is 25.4 Å². The molecule has 4 saturated heterocycles. The summed E-state index contributed by atoms with van der Waals surface area (Å²) < 4.78 is 23.7. The van der Waals surface area contributed by atoms with E-state index in [1.165, 1.54) is 145 Å². The van der Waals surface area contributed by atoms with E-state index in [2.05, 4.69) is 62.0 Å². The molecule has 4 aliphatic carbocycles. The average molecular weight is 953 g/mol. The van der Waals surface area contributed by atoms with Crippen molar-refractivity contribution in [3.63, 3.8) is 0 Å². The van der Waals surface area contributed by atoms with Gasteiger partial charge in [0, 0.05) is 47.0 Å². The number of cyclic esters (lactones) is 2. The first-order chi connectivity index (χ1) is 29.9. The van der Waals surface area contributed by atoms with Gasteiger partial charge in [-0.3, -0.25) is 4.90 Å². The number of hydrogen-bond donors (Lipinski definition) is 1. The van der Waals surface area contributed by atoms with Gasteiger partial charge < -0.3 is 34.1 Å². The summed E-state index contributed by atoms with van der Waals surface area (Å²) >= 11 is 2.32. The first-order valence-corrected chi connectivity index (χ1v) is 25.6. The van der Waals surface area contributed by atoms with E-state index in [0.717, 1.165) is 66.8 Å². The van der Waals surface area contributed by atoms with E-state index in [1.54, 1.807) is 0 Å². The third-order valence-electron chi connectivity index (χ3n) is 14.9. The Morgan fingerprint density at radius 3 is 1.54 bits per heavy atom. The predicted octanol–water partition coefficient (Wildman–Crippen LogP) is 11.1. The van der Waals surface area contributed by atoms with Crippen LogP contribution in [0.4, 0.5) is 15.3 Å². The van der Waals surface area contributed by atoms with Gasteiger partial charge in [-0.25, -0.2) is 9.59 Å². The molecule has 2 aromatic carbocycles. The molecule has 8 fully saturated rings. The zero-order chi connectivity index (χ0) is 41.8. The molecule has 10 nitrogen and oxygen atoms in total. The van der Waals surface area contributed by atoms with Gasteiger partial charge in [-0.05, 0) is 148 Å². The van der Waals surface area contributed by atoms with E-state index in [-0.39, 0.29) is 24.3 Å². The lowest BCUT2D eigenvalue weighted by Gasteiger charge is -2.44. The monoisotopic (exact) mass is 952 g/mol. The number of benzene rings is 2. The fourth-order valence-electron chi connectivity index (χ4n) is 11.2. The number of piperidine rings is 2. The Hall–Kier alpha value is -2.77. The molecule has 1 N–H and O–H groups in total. The lowest BCUT2D eigenvalue weighted by molar-refractivity contribution is 0.00877. The van der Waals surface area contributed by atoms with Crippen molar-refractivity contribution in [3.8, 4) is 11.5 Å². The standard InChI is InChI=1S/C25H36N2O3.C15H20INO.C10H17NO2/c28-25-27(22(18-29-25)15-19-7-3-1-4-8-19)20-9-11-23(12-10-20)30-24-16-21(17-24)26-13-5-2-6-14-26;16-12-4-6-14(7-5-12)18-15-10-13(11-15)17-8-2-1-3-9-17;12-10-11-9(7-13-10)6-8-4-2-1-3-5-8/h9-12,19,21-22,24H,1-8,13-18H2;4-7,13,15H,1-3,8-11H2;8-9H,1-7H2,(H,11,12)/t21?,22-,24?;;9-/m1.1/s1. The van der Waals surface area contributed by atoms with Gasteiger partial charge in [0.05, 0.1) is 12.1 Å². The molecule has 0 spiro atoms. The number of ether oxygens (including phenoxy) is 4.